The molecule has 0 aliphatic heterocycles. The molecule has 0 N–H and O–H groups in total. The first-order valence-corrected chi connectivity index (χ1v) is 20.0. The molecule has 12 rings (SSSR count). The molecule has 1 atom stereocenters. The van der Waals surface area contributed by atoms with E-state index in [1.165, 1.54) is 49.0 Å². The Morgan fingerprint density at radius 1 is 0.589 bits per heavy atom. The van der Waals surface area contributed by atoms with Crippen LogP contribution in [0.4, 0.5) is 0 Å². The van der Waals surface area contributed by atoms with Gasteiger partial charge in [0.2, 0.25) is 0 Å². The van der Waals surface area contributed by atoms with Crippen molar-refractivity contribution in [2.75, 3.05) is 0 Å². The van der Waals surface area contributed by atoms with E-state index in [2.05, 4.69) is 157 Å². The fraction of sp³-hybridized carbons (Fsp3) is 0.0800. The molecule has 0 saturated carbocycles. The smallest absolute Gasteiger partial charge is 0.164 e. The molecule has 0 spiro atoms. The third kappa shape index (κ3) is 4.72. The maximum atomic E-state index is 5.13. The average Bonchev–Trinajstić information content (AvgIpc) is 3.63. The number of nitrogens with zero attached hydrogens (tertiary/aromatic N) is 5. The lowest BCUT2D eigenvalue weighted by Gasteiger charge is -2.22. The van der Waals surface area contributed by atoms with Crippen LogP contribution in [0.1, 0.15) is 30.8 Å². The summed E-state index contributed by atoms with van der Waals surface area (Å²) in [5.74, 6) is 2.40. The van der Waals surface area contributed by atoms with Gasteiger partial charge in [-0.3, -0.25) is 0 Å². The molecule has 0 saturated heterocycles. The Morgan fingerprint density at radius 2 is 1.27 bits per heavy atom. The van der Waals surface area contributed by atoms with E-state index in [9.17, 15) is 0 Å². The minimum atomic E-state index is -0.121. The first kappa shape index (κ1) is 31.6. The van der Waals surface area contributed by atoms with Gasteiger partial charge >= 0.3 is 0 Å². The standard InChI is InChI=1S/C50H33N5S/c1-50(2)40-19-20-42-46(56-28-51-42)45(40)37-18-15-32(27-41(37)50)31-16-21-43-38(25-31)39-26-34(17-22-44(39)55(43)36-11-7-4-8-12-36)49-53-47(29-9-5-3-6-10-29)52-48(54-49)33-14-13-30-23-35(30)24-33/h3-28,35H,1-2H3/t35-/m0/s1. The van der Waals surface area contributed by atoms with E-state index >= 15 is 0 Å². The molecular weight excluding hydrogens is 703 g/mol. The van der Waals surface area contributed by atoms with Crippen LogP contribution in [0.15, 0.2) is 163 Å². The maximum Gasteiger partial charge on any atom is 0.164 e. The third-order valence-corrected chi connectivity index (χ3v) is 12.8. The first-order chi connectivity index (χ1) is 27.5. The maximum absolute atomic E-state index is 5.13. The van der Waals surface area contributed by atoms with Gasteiger partial charge in [-0.05, 0) is 88.0 Å². The second kappa shape index (κ2) is 11.6. The molecule has 56 heavy (non-hydrogen) atoms. The molecule has 3 aliphatic carbocycles. The second-order valence-corrected chi connectivity index (χ2v) is 16.4. The molecule has 5 nitrogen and oxygen atoms in total. The van der Waals surface area contributed by atoms with Crippen LogP contribution in [-0.2, 0) is 5.41 Å². The number of allylic oxidation sites excluding steroid dienone is 6. The lowest BCUT2D eigenvalue weighted by atomic mass is 9.81. The number of aromatic nitrogens is 5. The van der Waals surface area contributed by atoms with E-state index in [-0.39, 0.29) is 5.41 Å². The number of benzene rings is 6. The Hall–Kier alpha value is -6.76. The van der Waals surface area contributed by atoms with Crippen LogP contribution >= 0.6 is 11.3 Å². The van der Waals surface area contributed by atoms with Gasteiger partial charge in [-0.15, -0.1) is 11.3 Å². The summed E-state index contributed by atoms with van der Waals surface area (Å²) in [5, 5.41) is 2.33. The van der Waals surface area contributed by atoms with Gasteiger partial charge in [0, 0.05) is 50.1 Å². The van der Waals surface area contributed by atoms with Crippen LogP contribution in [0.5, 0.6) is 0 Å². The van der Waals surface area contributed by atoms with E-state index in [4.69, 9.17) is 15.0 Å². The number of hydrogen-bond acceptors (Lipinski definition) is 5. The van der Waals surface area contributed by atoms with Crippen LogP contribution in [-0.4, -0.2) is 24.5 Å². The van der Waals surface area contributed by atoms with Crippen LogP contribution in [0.3, 0.4) is 0 Å². The summed E-state index contributed by atoms with van der Waals surface area (Å²) in [6, 6.07) is 45.9. The predicted molar refractivity (Wildman–Crippen MR) is 230 cm³/mol. The van der Waals surface area contributed by atoms with Gasteiger partial charge in [0.15, 0.2) is 17.5 Å². The lowest BCUT2D eigenvalue weighted by Crippen LogP contribution is -2.14. The van der Waals surface area contributed by atoms with Gasteiger partial charge in [0.25, 0.3) is 0 Å². The summed E-state index contributed by atoms with van der Waals surface area (Å²) in [4.78, 5) is 19.9. The summed E-state index contributed by atoms with van der Waals surface area (Å²) < 4.78 is 3.64. The molecule has 3 aliphatic rings. The topological polar surface area (TPSA) is 56.5 Å². The summed E-state index contributed by atoms with van der Waals surface area (Å²) >= 11 is 1.74. The Bertz CT molecular complexity index is 3220. The first-order valence-electron chi connectivity index (χ1n) is 19.1. The Morgan fingerprint density at radius 3 is 2.05 bits per heavy atom. The summed E-state index contributed by atoms with van der Waals surface area (Å²) in [6.07, 6.45) is 8.81. The van der Waals surface area contributed by atoms with Crippen LogP contribution < -0.4 is 0 Å². The molecule has 264 valence electrons. The largest absolute Gasteiger partial charge is 0.309 e. The minimum Gasteiger partial charge on any atom is -0.309 e. The molecule has 0 radical (unpaired) electrons. The molecule has 9 aromatic rings. The zero-order valence-corrected chi connectivity index (χ0v) is 31.5. The van der Waals surface area contributed by atoms with Gasteiger partial charge < -0.3 is 4.57 Å². The highest BCUT2D eigenvalue weighted by atomic mass is 32.1. The summed E-state index contributed by atoms with van der Waals surface area (Å²) in [7, 11) is 0. The third-order valence-electron chi connectivity index (χ3n) is 11.9. The highest BCUT2D eigenvalue weighted by molar-refractivity contribution is 7.17. The second-order valence-electron chi connectivity index (χ2n) is 15.5. The minimum absolute atomic E-state index is 0.121. The molecule has 0 unspecified atom stereocenters. The van der Waals surface area contributed by atoms with E-state index < -0.39 is 0 Å². The van der Waals surface area contributed by atoms with Gasteiger partial charge in [0.1, 0.15) is 0 Å². The van der Waals surface area contributed by atoms with Gasteiger partial charge in [-0.25, -0.2) is 19.9 Å². The molecule has 0 bridgehead atoms. The van der Waals surface area contributed by atoms with Crippen molar-refractivity contribution in [2.24, 2.45) is 5.92 Å². The zero-order valence-electron chi connectivity index (χ0n) is 30.7. The van der Waals surface area contributed by atoms with Crippen molar-refractivity contribution in [1.82, 2.24) is 24.5 Å². The van der Waals surface area contributed by atoms with Crippen molar-refractivity contribution in [3.05, 3.63) is 180 Å². The quantitative estimate of drug-likeness (QED) is 0.177. The number of fused-ring (bicyclic) bond motifs is 9. The Labute approximate surface area is 327 Å². The molecule has 6 aromatic carbocycles. The van der Waals surface area contributed by atoms with E-state index in [1.54, 1.807) is 11.3 Å². The average molecular weight is 736 g/mol. The Kier molecular flexibility index (Phi) is 6.55. The van der Waals surface area contributed by atoms with Crippen molar-refractivity contribution >= 4 is 48.9 Å². The van der Waals surface area contributed by atoms with Crippen LogP contribution in [0.25, 0.3) is 88.3 Å². The molecule has 0 amide bonds. The number of thiazole rings is 1. The van der Waals surface area contributed by atoms with Crippen molar-refractivity contribution < 1.29 is 0 Å². The van der Waals surface area contributed by atoms with Crippen molar-refractivity contribution in [1.29, 1.82) is 0 Å². The van der Waals surface area contributed by atoms with E-state index in [0.717, 1.165) is 44.3 Å². The van der Waals surface area contributed by atoms with Crippen molar-refractivity contribution in [3.8, 4) is 50.7 Å². The normalized spacial score (nSPS) is 16.1. The molecule has 3 heterocycles. The Balaban J connectivity index is 1.04. The van der Waals surface area contributed by atoms with Crippen molar-refractivity contribution in [3.63, 3.8) is 0 Å². The number of para-hydroxylation sites is 1. The fourth-order valence-electron chi connectivity index (χ4n) is 8.92. The molecule has 6 heteroatoms. The molecule has 0 fully saturated rings. The van der Waals surface area contributed by atoms with E-state index in [1.807, 2.05) is 23.7 Å². The lowest BCUT2D eigenvalue weighted by molar-refractivity contribution is 0.661. The highest BCUT2D eigenvalue weighted by Crippen LogP contribution is 2.53. The van der Waals surface area contributed by atoms with Gasteiger partial charge in [-0.1, -0.05) is 111 Å². The fourth-order valence-corrected chi connectivity index (χ4v) is 9.77. The highest BCUT2D eigenvalue weighted by Gasteiger charge is 2.37. The molecule has 3 aromatic heterocycles. The predicted octanol–water partition coefficient (Wildman–Crippen LogP) is 12.4. The van der Waals surface area contributed by atoms with Gasteiger partial charge in [-0.2, -0.15) is 0 Å². The van der Waals surface area contributed by atoms with Crippen molar-refractivity contribution in [2.45, 2.75) is 19.3 Å². The van der Waals surface area contributed by atoms with Crippen LogP contribution in [0, 0.1) is 5.92 Å². The number of hydrogen-bond donors (Lipinski definition) is 0. The molecular formula is C50H33N5S. The SMILES string of the molecule is CC1(C)c2cc(-c3ccc4c(c3)c3cc(-c5nc(C6=C[C@@H]7C=C7C=C6)nc(-c6ccccc6)n5)ccc3n4-c3ccccc3)ccc2-c2c1ccc1ncsc21. The monoisotopic (exact) mass is 735 g/mol. The zero-order chi connectivity index (χ0) is 37.1. The summed E-state index contributed by atoms with van der Waals surface area (Å²) in [6.45, 7) is 4.70. The van der Waals surface area contributed by atoms with E-state index in [0.29, 0.717) is 23.4 Å². The van der Waals surface area contributed by atoms with Gasteiger partial charge in [0.05, 0.1) is 26.8 Å². The summed E-state index contributed by atoms with van der Waals surface area (Å²) in [5.41, 5.74) is 18.4. The number of rotatable bonds is 5. The van der Waals surface area contributed by atoms with Crippen LogP contribution in [0.2, 0.25) is 0 Å².